The molecule has 0 spiro atoms. The number of aromatic amines is 1. The summed E-state index contributed by atoms with van der Waals surface area (Å²) in [6.45, 7) is 1.85. The van der Waals surface area contributed by atoms with Crippen molar-refractivity contribution >= 4 is 11.1 Å². The minimum atomic E-state index is -0.485. The first-order chi connectivity index (χ1) is 9.65. The second-order valence-electron chi connectivity index (χ2n) is 4.37. The van der Waals surface area contributed by atoms with E-state index >= 15 is 0 Å². The van der Waals surface area contributed by atoms with Gasteiger partial charge in [0.25, 0.3) is 0 Å². The highest BCUT2D eigenvalue weighted by Gasteiger charge is 2.07. The highest BCUT2D eigenvalue weighted by Crippen LogP contribution is 2.22. The van der Waals surface area contributed by atoms with E-state index in [0.717, 1.165) is 11.3 Å². The number of rotatable bonds is 2. The van der Waals surface area contributed by atoms with Crippen molar-refractivity contribution in [2.75, 3.05) is 0 Å². The Morgan fingerprint density at radius 3 is 3.00 bits per heavy atom. The van der Waals surface area contributed by atoms with Gasteiger partial charge < -0.3 is 4.42 Å². The Morgan fingerprint density at radius 1 is 1.35 bits per heavy atom. The van der Waals surface area contributed by atoms with Crippen LogP contribution in [0.4, 0.5) is 0 Å². The Balaban J connectivity index is 2.14. The lowest BCUT2D eigenvalue weighted by atomic mass is 10.1. The van der Waals surface area contributed by atoms with Crippen molar-refractivity contribution < 1.29 is 4.42 Å². The van der Waals surface area contributed by atoms with E-state index in [1.54, 1.807) is 12.1 Å². The molecule has 1 aromatic carbocycles. The molecule has 2 heterocycles. The summed E-state index contributed by atoms with van der Waals surface area (Å²) in [7, 11) is 0. The highest BCUT2D eigenvalue weighted by molar-refractivity contribution is 5.79. The summed E-state index contributed by atoms with van der Waals surface area (Å²) in [5.74, 6) is 0.00414. The van der Waals surface area contributed by atoms with Crippen LogP contribution in [0.1, 0.15) is 11.5 Å². The average molecular weight is 266 g/mol. The molecule has 0 aliphatic heterocycles. The summed E-state index contributed by atoms with van der Waals surface area (Å²) in [5.41, 5.74) is 3.46. The third-order valence-electron chi connectivity index (χ3n) is 2.85. The van der Waals surface area contributed by atoms with E-state index in [0.29, 0.717) is 22.6 Å². The van der Waals surface area contributed by atoms with Crippen LogP contribution >= 0.6 is 0 Å². The number of nitriles is 1. The first-order valence-electron chi connectivity index (χ1n) is 6.00. The Kier molecular flexibility index (Phi) is 2.80. The summed E-state index contributed by atoms with van der Waals surface area (Å²) in [6.07, 6.45) is 0.166. The van der Waals surface area contributed by atoms with Gasteiger partial charge in [0, 0.05) is 11.3 Å². The number of nitrogens with one attached hydrogen (secondary N) is 1. The summed E-state index contributed by atoms with van der Waals surface area (Å²) < 4.78 is 4.96. The smallest absolute Gasteiger partial charge is 0.408 e. The molecule has 0 bridgehead atoms. The number of H-pyrrole nitrogens is 1. The lowest BCUT2D eigenvalue weighted by molar-refractivity contribution is 0.555. The minimum Gasteiger partial charge on any atom is -0.408 e. The summed E-state index contributed by atoms with van der Waals surface area (Å²) in [6, 6.07) is 9.19. The van der Waals surface area contributed by atoms with E-state index in [1.807, 2.05) is 25.1 Å². The molecule has 3 rings (SSSR count). The van der Waals surface area contributed by atoms with E-state index in [1.165, 1.54) is 0 Å². The highest BCUT2D eigenvalue weighted by atomic mass is 16.4. The predicted molar refractivity (Wildman–Crippen MR) is 71.9 cm³/mol. The molecular formula is C14H10N4O2. The van der Waals surface area contributed by atoms with Gasteiger partial charge in [-0.05, 0) is 31.2 Å². The average Bonchev–Trinajstić information content (AvgIpc) is 2.77. The molecule has 6 heteroatoms. The van der Waals surface area contributed by atoms with Gasteiger partial charge in [0.2, 0.25) is 0 Å². The van der Waals surface area contributed by atoms with Crippen molar-refractivity contribution in [3.63, 3.8) is 0 Å². The van der Waals surface area contributed by atoms with E-state index in [9.17, 15) is 4.79 Å². The van der Waals surface area contributed by atoms with Gasteiger partial charge in [-0.3, -0.25) is 4.98 Å². The Hall–Kier alpha value is -2.94. The molecule has 6 nitrogen and oxygen atoms in total. The van der Waals surface area contributed by atoms with Crippen LogP contribution in [0.3, 0.4) is 0 Å². The van der Waals surface area contributed by atoms with E-state index in [-0.39, 0.29) is 6.42 Å². The topological polar surface area (TPSA) is 95.6 Å². The van der Waals surface area contributed by atoms with Crippen LogP contribution in [0.2, 0.25) is 0 Å². The number of aromatic nitrogens is 3. The number of oxazole rings is 1. The van der Waals surface area contributed by atoms with Gasteiger partial charge in [-0.1, -0.05) is 0 Å². The third kappa shape index (κ3) is 2.17. The SMILES string of the molecule is Cc1cc(-c2ccc3oc(=O)[nH]c3c2)nc(CC#N)n1. The molecule has 0 aliphatic rings. The van der Waals surface area contributed by atoms with Crippen LogP contribution in [0.15, 0.2) is 33.5 Å². The molecule has 0 amide bonds. The maximum absolute atomic E-state index is 11.1. The summed E-state index contributed by atoms with van der Waals surface area (Å²) >= 11 is 0. The second kappa shape index (κ2) is 4.63. The lowest BCUT2D eigenvalue weighted by Gasteiger charge is -2.04. The monoisotopic (exact) mass is 266 g/mol. The molecular weight excluding hydrogens is 256 g/mol. The Bertz CT molecular complexity index is 886. The van der Waals surface area contributed by atoms with Crippen LogP contribution < -0.4 is 5.76 Å². The number of hydrogen-bond donors (Lipinski definition) is 1. The maximum Gasteiger partial charge on any atom is 0.417 e. The zero-order chi connectivity index (χ0) is 14.1. The zero-order valence-electron chi connectivity index (χ0n) is 10.7. The van der Waals surface area contributed by atoms with Gasteiger partial charge in [0.15, 0.2) is 5.58 Å². The van der Waals surface area contributed by atoms with Gasteiger partial charge in [-0.25, -0.2) is 14.8 Å². The molecule has 0 saturated heterocycles. The summed E-state index contributed by atoms with van der Waals surface area (Å²) in [5, 5.41) is 8.73. The lowest BCUT2D eigenvalue weighted by Crippen LogP contribution is -1.98. The van der Waals surface area contributed by atoms with Crippen LogP contribution in [-0.2, 0) is 6.42 Å². The van der Waals surface area contributed by atoms with Gasteiger partial charge in [-0.2, -0.15) is 5.26 Å². The minimum absolute atomic E-state index is 0.166. The molecule has 2 aromatic heterocycles. The molecule has 0 atom stereocenters. The van der Waals surface area contributed by atoms with Crippen LogP contribution in [-0.4, -0.2) is 15.0 Å². The van der Waals surface area contributed by atoms with Gasteiger partial charge in [0.05, 0.1) is 23.7 Å². The van der Waals surface area contributed by atoms with Gasteiger partial charge in [0.1, 0.15) is 5.82 Å². The fraction of sp³-hybridized carbons (Fsp3) is 0.143. The maximum atomic E-state index is 11.1. The molecule has 98 valence electrons. The van der Waals surface area contributed by atoms with Crippen LogP contribution in [0.25, 0.3) is 22.4 Å². The van der Waals surface area contributed by atoms with Crippen LogP contribution in [0, 0.1) is 18.3 Å². The number of aryl methyl sites for hydroxylation is 1. The fourth-order valence-corrected chi connectivity index (χ4v) is 2.04. The Morgan fingerprint density at radius 2 is 2.20 bits per heavy atom. The molecule has 0 radical (unpaired) electrons. The first kappa shape index (κ1) is 12.1. The largest absolute Gasteiger partial charge is 0.417 e. The molecule has 0 fully saturated rings. The van der Waals surface area contributed by atoms with E-state index < -0.39 is 5.76 Å². The van der Waals surface area contributed by atoms with Crippen molar-refractivity contribution in [1.82, 2.24) is 15.0 Å². The standard InChI is InChI=1S/C14H10N4O2/c1-8-6-10(17-13(16-8)4-5-15)9-2-3-12-11(7-9)18-14(19)20-12/h2-3,6-7H,4H2,1H3,(H,18,19). The van der Waals surface area contributed by atoms with Gasteiger partial charge >= 0.3 is 5.76 Å². The second-order valence-corrected chi connectivity index (χ2v) is 4.37. The van der Waals surface area contributed by atoms with E-state index in [2.05, 4.69) is 15.0 Å². The van der Waals surface area contributed by atoms with Crippen molar-refractivity contribution in [2.45, 2.75) is 13.3 Å². The number of hydrogen-bond acceptors (Lipinski definition) is 5. The normalized spacial score (nSPS) is 10.6. The quantitative estimate of drug-likeness (QED) is 0.764. The zero-order valence-corrected chi connectivity index (χ0v) is 10.7. The number of nitrogens with zero attached hydrogens (tertiary/aromatic N) is 3. The molecule has 20 heavy (non-hydrogen) atoms. The van der Waals surface area contributed by atoms with Crippen molar-refractivity contribution in [1.29, 1.82) is 5.26 Å². The molecule has 0 saturated carbocycles. The number of benzene rings is 1. The molecule has 3 aromatic rings. The number of fused-ring (bicyclic) bond motifs is 1. The van der Waals surface area contributed by atoms with Gasteiger partial charge in [-0.15, -0.1) is 0 Å². The van der Waals surface area contributed by atoms with E-state index in [4.69, 9.17) is 9.68 Å². The van der Waals surface area contributed by atoms with Crippen molar-refractivity contribution in [3.05, 3.63) is 46.3 Å². The fourth-order valence-electron chi connectivity index (χ4n) is 2.04. The molecule has 0 aliphatic carbocycles. The molecule has 1 N–H and O–H groups in total. The van der Waals surface area contributed by atoms with Crippen LogP contribution in [0.5, 0.6) is 0 Å². The Labute approximate surface area is 113 Å². The summed E-state index contributed by atoms with van der Waals surface area (Å²) in [4.78, 5) is 22.3. The predicted octanol–water partition coefficient (Wildman–Crippen LogP) is 1.95. The first-order valence-corrected chi connectivity index (χ1v) is 6.00. The molecule has 0 unspecified atom stereocenters. The van der Waals surface area contributed by atoms with Crippen molar-refractivity contribution in [3.8, 4) is 17.3 Å². The van der Waals surface area contributed by atoms with Crippen molar-refractivity contribution in [2.24, 2.45) is 0 Å². The third-order valence-corrected chi connectivity index (χ3v) is 2.85.